The van der Waals surface area contributed by atoms with E-state index < -0.39 is 30.4 Å². The number of unbranched alkanes of at least 4 members (excludes halogenated alkanes) is 3. The Morgan fingerprint density at radius 2 is 2.00 bits per heavy atom. The van der Waals surface area contributed by atoms with Crippen LogP contribution in [0.25, 0.3) is 0 Å². The van der Waals surface area contributed by atoms with Crippen molar-refractivity contribution in [3.05, 3.63) is 24.3 Å². The van der Waals surface area contributed by atoms with E-state index in [1.807, 2.05) is 12.2 Å². The van der Waals surface area contributed by atoms with Gasteiger partial charge in [-0.2, -0.15) is 0 Å². The van der Waals surface area contributed by atoms with Gasteiger partial charge >= 0.3 is 5.97 Å². The molecule has 0 saturated carbocycles. The normalized spacial score (nSPS) is 25.9. The second kappa shape index (κ2) is 13.0. The lowest BCUT2D eigenvalue weighted by Crippen LogP contribution is -2.26. The Balaban J connectivity index is 2.29. The topological polar surface area (TPSA) is 107 Å². The van der Waals surface area contributed by atoms with Crippen LogP contribution in [-0.2, 0) is 9.53 Å². The summed E-state index contributed by atoms with van der Waals surface area (Å²) in [6, 6.07) is 0. The van der Waals surface area contributed by atoms with Crippen LogP contribution < -0.4 is 0 Å². The molecule has 5 atom stereocenters. The quantitative estimate of drug-likeness (QED) is 0.293. The number of carbonyl (C=O) groups is 1. The van der Waals surface area contributed by atoms with Gasteiger partial charge in [0.05, 0.1) is 24.4 Å². The maximum absolute atomic E-state index is 10.4. The zero-order valence-electron chi connectivity index (χ0n) is 15.7. The third-order valence-corrected chi connectivity index (χ3v) is 4.55. The van der Waals surface area contributed by atoms with Crippen molar-refractivity contribution in [1.82, 2.24) is 0 Å². The van der Waals surface area contributed by atoms with E-state index in [2.05, 4.69) is 6.92 Å². The van der Waals surface area contributed by atoms with Crippen LogP contribution >= 0.6 is 0 Å². The van der Waals surface area contributed by atoms with Crippen LogP contribution in [0, 0.1) is 0 Å². The number of aliphatic carboxylic acids is 1. The zero-order chi connectivity index (χ0) is 19.4. The number of carboxylic acid groups (broad SMARTS) is 1. The number of aliphatic hydroxyl groups is 3. The fraction of sp³-hybridized carbons (Fsp3) is 0.750. The molecule has 0 radical (unpaired) electrons. The van der Waals surface area contributed by atoms with Crippen LogP contribution in [0.2, 0.25) is 0 Å². The molecule has 1 heterocycles. The van der Waals surface area contributed by atoms with E-state index in [4.69, 9.17) is 9.84 Å². The number of ether oxygens (including phenoxy) is 1. The van der Waals surface area contributed by atoms with Crippen molar-refractivity contribution >= 4 is 5.97 Å². The van der Waals surface area contributed by atoms with Crippen molar-refractivity contribution in [3.63, 3.8) is 0 Å². The Hall–Kier alpha value is -1.21. The van der Waals surface area contributed by atoms with E-state index in [0.717, 1.165) is 19.3 Å². The smallest absolute Gasteiger partial charge is 0.303 e. The number of aliphatic hydroxyl groups excluding tert-OH is 3. The molecule has 6 heteroatoms. The number of hydrogen-bond acceptors (Lipinski definition) is 5. The second-order valence-corrected chi connectivity index (χ2v) is 6.95. The van der Waals surface area contributed by atoms with E-state index in [1.54, 1.807) is 12.2 Å². The first-order chi connectivity index (χ1) is 12.4. The first-order valence-corrected chi connectivity index (χ1v) is 9.68. The van der Waals surface area contributed by atoms with Gasteiger partial charge in [0, 0.05) is 12.8 Å². The molecule has 6 nitrogen and oxygen atoms in total. The zero-order valence-corrected chi connectivity index (χ0v) is 15.7. The Labute approximate surface area is 156 Å². The summed E-state index contributed by atoms with van der Waals surface area (Å²) in [5.74, 6) is -0.801. The van der Waals surface area contributed by atoms with Crippen molar-refractivity contribution in [2.75, 3.05) is 0 Å². The third kappa shape index (κ3) is 9.48. The highest BCUT2D eigenvalue weighted by atomic mass is 16.5. The van der Waals surface area contributed by atoms with Gasteiger partial charge < -0.3 is 25.2 Å². The lowest BCUT2D eigenvalue weighted by molar-refractivity contribution is -0.137. The molecule has 0 spiro atoms. The fourth-order valence-electron chi connectivity index (χ4n) is 2.97. The molecule has 0 aliphatic carbocycles. The molecule has 0 bridgehead atoms. The monoisotopic (exact) mass is 370 g/mol. The average molecular weight is 370 g/mol. The van der Waals surface area contributed by atoms with Gasteiger partial charge in [-0.1, -0.05) is 50.5 Å². The van der Waals surface area contributed by atoms with Crippen LogP contribution in [0.5, 0.6) is 0 Å². The molecule has 4 N–H and O–H groups in total. The minimum atomic E-state index is -0.801. The standard InChI is InChI=1S/C20H34O6/c1-2-3-6-10-16(22)19-14-17(23)18(26-19)13-12-15(21)9-7-4-5-8-11-20(24)25/h4,7,12-13,15-19,21-23H,2-3,5-6,8-11,14H2,1H3,(H,24,25)/b7-4-,13-12+/t15-,16-,17+,18-,19-/m0/s1. The van der Waals surface area contributed by atoms with Gasteiger partial charge in [0.1, 0.15) is 6.10 Å². The van der Waals surface area contributed by atoms with Crippen LogP contribution in [0.3, 0.4) is 0 Å². The molecule has 1 saturated heterocycles. The molecule has 26 heavy (non-hydrogen) atoms. The Kier molecular flexibility index (Phi) is 11.4. The van der Waals surface area contributed by atoms with E-state index in [1.165, 1.54) is 0 Å². The summed E-state index contributed by atoms with van der Waals surface area (Å²) in [7, 11) is 0. The van der Waals surface area contributed by atoms with Crippen molar-refractivity contribution in [2.24, 2.45) is 0 Å². The van der Waals surface area contributed by atoms with Crippen molar-refractivity contribution in [1.29, 1.82) is 0 Å². The molecule has 0 amide bonds. The summed E-state index contributed by atoms with van der Waals surface area (Å²) >= 11 is 0. The molecule has 1 aliphatic heterocycles. The summed E-state index contributed by atoms with van der Waals surface area (Å²) in [5.41, 5.74) is 0. The van der Waals surface area contributed by atoms with Gasteiger partial charge in [0.15, 0.2) is 0 Å². The summed E-state index contributed by atoms with van der Waals surface area (Å²) < 4.78 is 5.73. The molecule has 0 aromatic heterocycles. The average Bonchev–Trinajstić information content (AvgIpc) is 2.97. The highest BCUT2D eigenvalue weighted by molar-refractivity contribution is 5.66. The van der Waals surface area contributed by atoms with Crippen molar-refractivity contribution in [2.45, 2.75) is 95.2 Å². The van der Waals surface area contributed by atoms with Crippen LogP contribution in [-0.4, -0.2) is 56.9 Å². The largest absolute Gasteiger partial charge is 0.481 e. The first-order valence-electron chi connectivity index (χ1n) is 9.68. The minimum absolute atomic E-state index is 0.148. The predicted octanol–water partition coefficient (Wildman–Crippen LogP) is 2.56. The molecular weight excluding hydrogens is 336 g/mol. The highest BCUT2D eigenvalue weighted by Crippen LogP contribution is 2.26. The summed E-state index contributed by atoms with van der Waals surface area (Å²) in [4.78, 5) is 10.4. The summed E-state index contributed by atoms with van der Waals surface area (Å²) in [5, 5.41) is 38.7. The van der Waals surface area contributed by atoms with Crippen molar-refractivity contribution < 1.29 is 30.0 Å². The fourth-order valence-corrected chi connectivity index (χ4v) is 2.97. The lowest BCUT2D eigenvalue weighted by Gasteiger charge is -2.18. The Bertz CT molecular complexity index is 448. The molecule has 1 rings (SSSR count). The van der Waals surface area contributed by atoms with Crippen LogP contribution in [0.1, 0.15) is 64.7 Å². The third-order valence-electron chi connectivity index (χ3n) is 4.55. The van der Waals surface area contributed by atoms with E-state index in [-0.39, 0.29) is 12.5 Å². The molecule has 1 fully saturated rings. The molecule has 0 unspecified atom stereocenters. The van der Waals surface area contributed by atoms with Crippen molar-refractivity contribution in [3.8, 4) is 0 Å². The second-order valence-electron chi connectivity index (χ2n) is 6.95. The maximum Gasteiger partial charge on any atom is 0.303 e. The highest BCUT2D eigenvalue weighted by Gasteiger charge is 2.36. The predicted molar refractivity (Wildman–Crippen MR) is 99.8 cm³/mol. The van der Waals surface area contributed by atoms with Crippen LogP contribution in [0.4, 0.5) is 0 Å². The van der Waals surface area contributed by atoms with Gasteiger partial charge in [-0.15, -0.1) is 0 Å². The van der Waals surface area contributed by atoms with Gasteiger partial charge in [-0.05, 0) is 25.7 Å². The summed E-state index contributed by atoms with van der Waals surface area (Å²) in [6.07, 6.45) is 10.2. The number of allylic oxidation sites excluding steroid dienone is 1. The molecule has 1 aliphatic rings. The summed E-state index contributed by atoms with van der Waals surface area (Å²) in [6.45, 7) is 2.11. The van der Waals surface area contributed by atoms with E-state index >= 15 is 0 Å². The SMILES string of the molecule is CCCCC[C@H](O)[C@@H]1C[C@@H](O)[C@H](/C=C/[C@@H](O)C/C=C\CCCC(=O)O)O1. The minimum Gasteiger partial charge on any atom is -0.481 e. The molecule has 0 aromatic carbocycles. The number of carboxylic acids is 1. The number of rotatable bonds is 13. The van der Waals surface area contributed by atoms with Gasteiger partial charge in [0.2, 0.25) is 0 Å². The van der Waals surface area contributed by atoms with Crippen LogP contribution in [0.15, 0.2) is 24.3 Å². The van der Waals surface area contributed by atoms with Gasteiger partial charge in [-0.25, -0.2) is 0 Å². The molecule has 0 aromatic rings. The Morgan fingerprint density at radius 3 is 2.69 bits per heavy atom. The molecule has 150 valence electrons. The molecular formula is C20H34O6. The van der Waals surface area contributed by atoms with Gasteiger partial charge in [0.25, 0.3) is 0 Å². The Morgan fingerprint density at radius 1 is 1.23 bits per heavy atom. The maximum atomic E-state index is 10.4. The first kappa shape index (κ1) is 22.8. The van der Waals surface area contributed by atoms with Gasteiger partial charge in [-0.3, -0.25) is 4.79 Å². The lowest BCUT2D eigenvalue weighted by atomic mass is 10.0. The van der Waals surface area contributed by atoms with E-state index in [0.29, 0.717) is 32.1 Å². The van der Waals surface area contributed by atoms with E-state index in [9.17, 15) is 20.1 Å². The number of hydrogen-bond donors (Lipinski definition) is 4.